The fourth-order valence-corrected chi connectivity index (χ4v) is 2.87. The van der Waals surface area contributed by atoms with Crippen LogP contribution in [0.3, 0.4) is 0 Å². The van der Waals surface area contributed by atoms with Crippen LogP contribution in [0.15, 0.2) is 64.1 Å². The molecule has 0 unspecified atom stereocenters. The molecule has 0 spiro atoms. The molecular weight excluding hydrogens is 302 g/mol. The van der Waals surface area contributed by atoms with Crippen molar-refractivity contribution in [1.29, 1.82) is 0 Å². The Balaban J connectivity index is 2.93. The second kappa shape index (κ2) is 9.81. The average Bonchev–Trinajstić information content (AvgIpc) is 2.51. The first-order valence-corrected chi connectivity index (χ1v) is 8.23. The summed E-state index contributed by atoms with van der Waals surface area (Å²) >= 11 is 0. The lowest BCUT2D eigenvalue weighted by atomic mass is 9.72. The summed E-state index contributed by atoms with van der Waals surface area (Å²) in [6, 6.07) is 0. The fraction of sp³-hybridized carbons (Fsp3) is 0.450. The predicted octanol–water partition coefficient (Wildman–Crippen LogP) is 5.40. The fourth-order valence-electron chi connectivity index (χ4n) is 2.87. The molecule has 0 fully saturated rings. The van der Waals surface area contributed by atoms with Crippen LogP contribution in [0.1, 0.15) is 47.0 Å². The Bertz CT molecular complexity index is 604. The van der Waals surface area contributed by atoms with Gasteiger partial charge in [0.15, 0.2) is 5.34 Å². The van der Waals surface area contributed by atoms with Crippen molar-refractivity contribution in [3.63, 3.8) is 0 Å². The summed E-state index contributed by atoms with van der Waals surface area (Å²) in [4.78, 5) is 25.4. The lowest BCUT2D eigenvalue weighted by Gasteiger charge is -2.33. The summed E-state index contributed by atoms with van der Waals surface area (Å²) in [5.74, 6) is 0. The Morgan fingerprint density at radius 2 is 1.92 bits per heavy atom. The smallest absolute Gasteiger partial charge is 0.155 e. The molecule has 4 heteroatoms. The first-order chi connectivity index (χ1) is 11.4. The molecule has 1 rings (SSSR count). The molecule has 4 nitrogen and oxygen atoms in total. The van der Waals surface area contributed by atoms with Crippen LogP contribution in [0.2, 0.25) is 0 Å². The molecule has 130 valence electrons. The third kappa shape index (κ3) is 6.49. The van der Waals surface area contributed by atoms with Gasteiger partial charge in [-0.3, -0.25) is 4.79 Å². The van der Waals surface area contributed by atoms with Gasteiger partial charge in [-0.2, -0.15) is 0 Å². The summed E-state index contributed by atoms with van der Waals surface area (Å²) in [5.41, 5.74) is 4.46. The van der Waals surface area contributed by atoms with E-state index in [2.05, 4.69) is 31.3 Å². The van der Waals surface area contributed by atoms with Crippen molar-refractivity contribution >= 4 is 6.29 Å². The Labute approximate surface area is 144 Å². The zero-order valence-electron chi connectivity index (χ0n) is 15.0. The number of nitrogens with zero attached hydrogens (tertiary/aromatic N) is 1. The number of hydrogen-bond acceptors (Lipinski definition) is 4. The highest BCUT2D eigenvalue weighted by Crippen LogP contribution is 2.41. The molecule has 0 aliphatic heterocycles. The quantitative estimate of drug-likeness (QED) is 0.197. The van der Waals surface area contributed by atoms with E-state index in [0.717, 1.165) is 42.3 Å². The van der Waals surface area contributed by atoms with Gasteiger partial charge in [-0.05, 0) is 61.3 Å². The predicted molar refractivity (Wildman–Crippen MR) is 98.3 cm³/mol. The normalized spacial score (nSPS) is 19.2. The zero-order valence-corrected chi connectivity index (χ0v) is 15.0. The maximum absolute atomic E-state index is 10.4. The van der Waals surface area contributed by atoms with Crippen molar-refractivity contribution in [2.24, 2.45) is 10.8 Å². The highest BCUT2D eigenvalue weighted by atomic mass is 16.7. The Morgan fingerprint density at radius 3 is 2.58 bits per heavy atom. The molecule has 1 aliphatic carbocycles. The van der Waals surface area contributed by atoms with Gasteiger partial charge in [0.2, 0.25) is 0 Å². The van der Waals surface area contributed by atoms with Crippen LogP contribution in [-0.4, -0.2) is 12.9 Å². The van der Waals surface area contributed by atoms with E-state index < -0.39 is 0 Å². The van der Waals surface area contributed by atoms with Gasteiger partial charge >= 0.3 is 0 Å². The first kappa shape index (κ1) is 19.8. The number of rotatable bonds is 8. The number of carbonyl (C=O) groups excluding carboxylic acids is 1. The van der Waals surface area contributed by atoms with Crippen molar-refractivity contribution in [3.8, 4) is 0 Å². The molecule has 0 saturated heterocycles. The molecule has 0 heterocycles. The molecule has 0 aromatic rings. The van der Waals surface area contributed by atoms with E-state index in [0.29, 0.717) is 0 Å². The second-order valence-corrected chi connectivity index (χ2v) is 6.75. The van der Waals surface area contributed by atoms with Gasteiger partial charge in [0.05, 0.1) is 0 Å². The van der Waals surface area contributed by atoms with Crippen molar-refractivity contribution in [1.82, 2.24) is 0 Å². The molecule has 0 aromatic heterocycles. The average molecular weight is 329 g/mol. The summed E-state index contributed by atoms with van der Waals surface area (Å²) in [5, 5.41) is 2.52. The van der Waals surface area contributed by atoms with Gasteiger partial charge in [0.25, 0.3) is 0 Å². The molecule has 0 amide bonds. The van der Waals surface area contributed by atoms with Gasteiger partial charge in [-0.15, -0.1) is 4.91 Å². The number of aldehydes is 1. The van der Waals surface area contributed by atoms with Gasteiger partial charge in [-0.25, -0.2) is 0 Å². The molecule has 0 aromatic carbocycles. The first-order valence-electron chi connectivity index (χ1n) is 8.23. The van der Waals surface area contributed by atoms with E-state index in [4.69, 9.17) is 4.84 Å². The molecular formula is C20H27NO3. The molecule has 0 radical (unpaired) electrons. The van der Waals surface area contributed by atoms with Crippen LogP contribution < -0.4 is 0 Å². The van der Waals surface area contributed by atoms with E-state index in [1.54, 1.807) is 0 Å². The lowest BCUT2D eigenvalue weighted by Crippen LogP contribution is -2.21. The monoisotopic (exact) mass is 329 g/mol. The van der Waals surface area contributed by atoms with E-state index >= 15 is 0 Å². The van der Waals surface area contributed by atoms with E-state index in [9.17, 15) is 9.70 Å². The summed E-state index contributed by atoms with van der Waals surface area (Å²) in [6.45, 7) is 8.61. The van der Waals surface area contributed by atoms with Crippen LogP contribution in [0, 0.1) is 10.3 Å². The number of carbonyl (C=O) groups is 1. The lowest BCUT2D eigenvalue weighted by molar-refractivity contribution is -0.104. The van der Waals surface area contributed by atoms with Crippen LogP contribution in [0.25, 0.3) is 0 Å². The minimum Gasteiger partial charge on any atom is -0.360 e. The Hall–Kier alpha value is -2.23. The maximum Gasteiger partial charge on any atom is 0.155 e. The van der Waals surface area contributed by atoms with E-state index in [1.807, 2.05) is 32.1 Å². The highest BCUT2D eigenvalue weighted by Gasteiger charge is 2.28. The van der Waals surface area contributed by atoms with Gasteiger partial charge in [-0.1, -0.05) is 49.8 Å². The Kier molecular flexibility index (Phi) is 8.10. The maximum atomic E-state index is 10.4. The largest absolute Gasteiger partial charge is 0.360 e. The summed E-state index contributed by atoms with van der Waals surface area (Å²) < 4.78 is 0. The summed E-state index contributed by atoms with van der Waals surface area (Å²) in [7, 11) is 0. The third-order valence-electron chi connectivity index (χ3n) is 4.24. The van der Waals surface area contributed by atoms with Crippen molar-refractivity contribution in [3.05, 3.63) is 63.7 Å². The molecule has 1 aliphatic rings. The van der Waals surface area contributed by atoms with E-state index in [-0.39, 0.29) is 12.0 Å². The standard InChI is InChI=1S/C20H27NO3/c1-16(7-5-8-17(2)12-14-22)10-11-19-18(15-24-21-23)9-6-13-20(19,3)4/h5,7-8,10-12,14H,6,9,13,15H2,1-4H3/b8-5+,11-10+,16-7+,17-12-. The third-order valence-corrected chi connectivity index (χ3v) is 4.24. The van der Waals surface area contributed by atoms with Crippen molar-refractivity contribution in [2.45, 2.75) is 47.0 Å². The van der Waals surface area contributed by atoms with Crippen molar-refractivity contribution < 1.29 is 9.63 Å². The Morgan fingerprint density at radius 1 is 1.21 bits per heavy atom. The summed E-state index contributed by atoms with van der Waals surface area (Å²) in [6.07, 6.45) is 15.5. The van der Waals surface area contributed by atoms with Gasteiger partial charge < -0.3 is 4.84 Å². The molecule has 24 heavy (non-hydrogen) atoms. The molecule has 0 atom stereocenters. The number of hydrogen-bond donors (Lipinski definition) is 0. The second-order valence-electron chi connectivity index (χ2n) is 6.75. The van der Waals surface area contributed by atoms with Crippen molar-refractivity contribution in [2.75, 3.05) is 6.61 Å². The zero-order chi connectivity index (χ0) is 18.0. The number of allylic oxidation sites excluding steroid dienone is 9. The minimum atomic E-state index is 0.0652. The van der Waals surface area contributed by atoms with Crippen LogP contribution in [0.5, 0.6) is 0 Å². The topological polar surface area (TPSA) is 55.7 Å². The van der Waals surface area contributed by atoms with E-state index in [1.165, 1.54) is 11.6 Å². The van der Waals surface area contributed by atoms with Gasteiger partial charge in [0, 0.05) is 0 Å². The highest BCUT2D eigenvalue weighted by molar-refractivity contribution is 5.66. The molecule has 0 saturated carbocycles. The minimum absolute atomic E-state index is 0.0652. The van der Waals surface area contributed by atoms with Gasteiger partial charge in [0.1, 0.15) is 12.9 Å². The van der Waals surface area contributed by atoms with Crippen LogP contribution in [-0.2, 0) is 9.63 Å². The molecule has 0 bridgehead atoms. The SMILES string of the molecule is CC(=C/C=O)/C=C/C=C(C)/C=C/C1=C(CON=O)CCCC1(C)C. The molecule has 0 N–H and O–H groups in total. The van der Waals surface area contributed by atoms with Crippen LogP contribution in [0.4, 0.5) is 0 Å². The van der Waals surface area contributed by atoms with Crippen LogP contribution >= 0.6 is 0 Å².